The highest BCUT2D eigenvalue weighted by Crippen LogP contribution is 2.23. The number of carbonyl (C=O) groups is 1. The zero-order valence-electron chi connectivity index (χ0n) is 16.0. The van der Waals surface area contributed by atoms with Gasteiger partial charge in [0.2, 0.25) is 15.9 Å². The van der Waals surface area contributed by atoms with Gasteiger partial charge in [-0.25, -0.2) is 8.42 Å². The van der Waals surface area contributed by atoms with Gasteiger partial charge in [0.1, 0.15) is 6.04 Å². The molecule has 1 aromatic carbocycles. The molecular weight excluding hydrogens is 340 g/mol. The lowest BCUT2D eigenvalue weighted by Gasteiger charge is -2.28. The number of aryl methyl sites for hydroxylation is 2. The molecule has 0 aliphatic rings. The lowest BCUT2D eigenvalue weighted by Crippen LogP contribution is -2.48. The quantitative estimate of drug-likeness (QED) is 0.677. The molecule has 0 saturated carbocycles. The summed E-state index contributed by atoms with van der Waals surface area (Å²) in [6, 6.07) is 4.54. The summed E-state index contributed by atoms with van der Waals surface area (Å²) < 4.78 is 31.1. The molecule has 1 N–H and O–H groups in total. The Kier molecular flexibility index (Phi) is 7.89. The molecule has 0 heterocycles. The van der Waals surface area contributed by atoms with Crippen molar-refractivity contribution in [2.75, 3.05) is 23.7 Å². The van der Waals surface area contributed by atoms with E-state index in [9.17, 15) is 13.2 Å². The maximum atomic E-state index is 12.4. The number of anilines is 1. The number of hydrogen-bond donors (Lipinski definition) is 1. The lowest BCUT2D eigenvalue weighted by molar-refractivity contribution is -0.121. The van der Waals surface area contributed by atoms with Crippen LogP contribution in [0.4, 0.5) is 5.69 Å². The van der Waals surface area contributed by atoms with Crippen molar-refractivity contribution in [1.82, 2.24) is 5.32 Å². The van der Waals surface area contributed by atoms with Crippen molar-refractivity contribution in [3.05, 3.63) is 29.3 Å². The van der Waals surface area contributed by atoms with Crippen LogP contribution < -0.4 is 9.62 Å². The normalized spacial score (nSPS) is 12.9. The number of sulfonamides is 1. The monoisotopic (exact) mass is 370 g/mol. The highest BCUT2D eigenvalue weighted by molar-refractivity contribution is 7.92. The van der Waals surface area contributed by atoms with Gasteiger partial charge in [-0.2, -0.15) is 0 Å². The van der Waals surface area contributed by atoms with E-state index in [0.717, 1.165) is 17.4 Å². The van der Waals surface area contributed by atoms with Gasteiger partial charge in [0.05, 0.1) is 18.0 Å². The summed E-state index contributed by atoms with van der Waals surface area (Å²) in [5.41, 5.74) is 2.54. The van der Waals surface area contributed by atoms with Gasteiger partial charge in [0, 0.05) is 13.2 Å². The molecule has 1 amide bonds. The number of nitrogens with zero attached hydrogens (tertiary/aromatic N) is 1. The molecule has 0 fully saturated rings. The molecule has 142 valence electrons. The lowest BCUT2D eigenvalue weighted by atomic mass is 10.1. The van der Waals surface area contributed by atoms with Gasteiger partial charge in [0.25, 0.3) is 0 Å². The van der Waals surface area contributed by atoms with Crippen LogP contribution in [0.1, 0.15) is 38.3 Å². The van der Waals surface area contributed by atoms with Crippen molar-refractivity contribution in [3.8, 4) is 0 Å². The van der Waals surface area contributed by atoms with E-state index in [0.29, 0.717) is 25.3 Å². The van der Waals surface area contributed by atoms with Crippen molar-refractivity contribution in [2.45, 2.75) is 53.2 Å². The Morgan fingerprint density at radius 2 is 1.84 bits per heavy atom. The highest BCUT2D eigenvalue weighted by atomic mass is 32.2. The van der Waals surface area contributed by atoms with Gasteiger partial charge < -0.3 is 10.1 Å². The predicted octanol–water partition coefficient (Wildman–Crippen LogP) is 2.39. The van der Waals surface area contributed by atoms with E-state index in [2.05, 4.69) is 5.32 Å². The molecule has 0 aliphatic heterocycles. The van der Waals surface area contributed by atoms with Crippen LogP contribution in [0.5, 0.6) is 0 Å². The zero-order chi connectivity index (χ0) is 19.2. The van der Waals surface area contributed by atoms with Gasteiger partial charge >= 0.3 is 0 Å². The Bertz CT molecular complexity index is 686. The molecule has 0 bridgehead atoms. The first-order valence-corrected chi connectivity index (χ1v) is 10.3. The summed E-state index contributed by atoms with van der Waals surface area (Å²) in [6.07, 6.45) is 1.95. The molecule has 0 aliphatic carbocycles. The number of rotatable bonds is 9. The summed E-state index contributed by atoms with van der Waals surface area (Å²) in [4.78, 5) is 12.4. The maximum Gasteiger partial charge on any atom is 0.243 e. The van der Waals surface area contributed by atoms with Crippen LogP contribution in [0, 0.1) is 13.8 Å². The Labute approximate surface area is 151 Å². The van der Waals surface area contributed by atoms with Crippen LogP contribution >= 0.6 is 0 Å². The summed E-state index contributed by atoms with van der Waals surface area (Å²) in [7, 11) is -3.59. The van der Waals surface area contributed by atoms with E-state index < -0.39 is 16.1 Å². The van der Waals surface area contributed by atoms with Gasteiger partial charge in [-0.05, 0) is 64.3 Å². The van der Waals surface area contributed by atoms with Crippen molar-refractivity contribution in [3.63, 3.8) is 0 Å². The van der Waals surface area contributed by atoms with E-state index in [4.69, 9.17) is 4.74 Å². The standard InChI is InChI=1S/C18H30N2O4S/c1-13(2)24-11-7-10-19-18(21)16(5)20(25(6,22)23)17-9-8-14(3)15(4)12-17/h8-9,12-13,16H,7,10-11H2,1-6H3,(H,19,21)/t16-/m1/s1. The van der Waals surface area contributed by atoms with Gasteiger partial charge in [-0.15, -0.1) is 0 Å². The Morgan fingerprint density at radius 3 is 2.36 bits per heavy atom. The molecule has 0 radical (unpaired) electrons. The first-order valence-electron chi connectivity index (χ1n) is 8.50. The summed E-state index contributed by atoms with van der Waals surface area (Å²) in [5, 5.41) is 2.78. The van der Waals surface area contributed by atoms with Gasteiger partial charge in [-0.3, -0.25) is 9.10 Å². The number of amides is 1. The van der Waals surface area contributed by atoms with Crippen LogP contribution in [0.3, 0.4) is 0 Å². The van der Waals surface area contributed by atoms with Crippen molar-refractivity contribution >= 4 is 21.6 Å². The van der Waals surface area contributed by atoms with E-state index in [1.165, 1.54) is 4.31 Å². The topological polar surface area (TPSA) is 75.7 Å². The van der Waals surface area contributed by atoms with Crippen LogP contribution in [0.25, 0.3) is 0 Å². The Balaban J connectivity index is 2.82. The highest BCUT2D eigenvalue weighted by Gasteiger charge is 2.29. The molecule has 0 spiro atoms. The third-order valence-electron chi connectivity index (χ3n) is 3.91. The minimum Gasteiger partial charge on any atom is -0.379 e. The fourth-order valence-corrected chi connectivity index (χ4v) is 3.59. The van der Waals surface area contributed by atoms with Crippen molar-refractivity contribution < 1.29 is 17.9 Å². The molecule has 0 unspecified atom stereocenters. The Hall–Kier alpha value is -1.60. The molecule has 0 aromatic heterocycles. The van der Waals surface area contributed by atoms with Crippen LogP contribution in [-0.4, -0.2) is 45.9 Å². The fraction of sp³-hybridized carbons (Fsp3) is 0.611. The number of nitrogens with one attached hydrogen (secondary N) is 1. The molecule has 1 rings (SSSR count). The average Bonchev–Trinajstić information content (AvgIpc) is 2.48. The number of carbonyl (C=O) groups excluding carboxylic acids is 1. The van der Waals surface area contributed by atoms with E-state index in [1.807, 2.05) is 33.8 Å². The third kappa shape index (κ3) is 6.66. The fourth-order valence-electron chi connectivity index (χ4n) is 2.42. The third-order valence-corrected chi connectivity index (χ3v) is 5.15. The van der Waals surface area contributed by atoms with Crippen LogP contribution in [0.2, 0.25) is 0 Å². The first kappa shape index (κ1) is 21.4. The van der Waals surface area contributed by atoms with Gasteiger partial charge in [-0.1, -0.05) is 6.07 Å². The van der Waals surface area contributed by atoms with E-state index in [-0.39, 0.29) is 12.0 Å². The summed E-state index contributed by atoms with van der Waals surface area (Å²) in [6.45, 7) is 10.4. The molecule has 0 saturated heterocycles. The second kappa shape index (κ2) is 9.20. The molecule has 1 atom stereocenters. The average molecular weight is 371 g/mol. The van der Waals surface area contributed by atoms with Crippen LogP contribution in [-0.2, 0) is 19.6 Å². The van der Waals surface area contributed by atoms with Crippen molar-refractivity contribution in [1.29, 1.82) is 0 Å². The van der Waals surface area contributed by atoms with E-state index >= 15 is 0 Å². The number of ether oxygens (including phenoxy) is 1. The molecule has 7 heteroatoms. The van der Waals surface area contributed by atoms with Crippen LogP contribution in [0.15, 0.2) is 18.2 Å². The second-order valence-corrected chi connectivity index (χ2v) is 8.43. The molecule has 1 aromatic rings. The smallest absolute Gasteiger partial charge is 0.243 e. The Morgan fingerprint density at radius 1 is 1.20 bits per heavy atom. The number of hydrogen-bond acceptors (Lipinski definition) is 4. The number of benzene rings is 1. The second-order valence-electron chi connectivity index (χ2n) is 6.57. The minimum atomic E-state index is -3.59. The van der Waals surface area contributed by atoms with Crippen molar-refractivity contribution in [2.24, 2.45) is 0 Å². The molecular formula is C18H30N2O4S. The van der Waals surface area contributed by atoms with Gasteiger partial charge in [0.15, 0.2) is 0 Å². The SMILES string of the molecule is Cc1ccc(N([C@H](C)C(=O)NCCCOC(C)C)S(C)(=O)=O)cc1C. The predicted molar refractivity (Wildman–Crippen MR) is 101 cm³/mol. The largest absolute Gasteiger partial charge is 0.379 e. The zero-order valence-corrected chi connectivity index (χ0v) is 16.8. The first-order chi connectivity index (χ1) is 11.5. The minimum absolute atomic E-state index is 0.153. The summed E-state index contributed by atoms with van der Waals surface area (Å²) in [5.74, 6) is -0.326. The molecule has 6 nitrogen and oxygen atoms in total. The molecule has 25 heavy (non-hydrogen) atoms. The summed E-state index contributed by atoms with van der Waals surface area (Å²) >= 11 is 0. The maximum absolute atomic E-state index is 12.4. The van der Waals surface area contributed by atoms with E-state index in [1.54, 1.807) is 19.1 Å².